The molecule has 0 rings (SSSR count). The number of hydrogen-bond donors (Lipinski definition) is 1. The molecular formula is C6H10ClNO. The van der Waals surface area contributed by atoms with Gasteiger partial charge in [-0.15, -0.1) is 0 Å². The third-order valence-electron chi connectivity index (χ3n) is 0.883. The van der Waals surface area contributed by atoms with Gasteiger partial charge in [0.05, 0.1) is 0 Å². The number of unbranched alkanes of at least 4 members (excludes halogenated alkanes) is 1. The molecule has 0 fully saturated rings. The van der Waals surface area contributed by atoms with E-state index in [9.17, 15) is 4.79 Å². The van der Waals surface area contributed by atoms with Gasteiger partial charge in [-0.2, -0.15) is 0 Å². The van der Waals surface area contributed by atoms with Gasteiger partial charge in [0.1, 0.15) is 0 Å². The highest BCUT2D eigenvalue weighted by Crippen LogP contribution is 1.95. The van der Waals surface area contributed by atoms with Crippen molar-refractivity contribution in [3.8, 4) is 0 Å². The SMILES string of the molecule is NC(=O)CCC/C=C/Cl. The Morgan fingerprint density at radius 3 is 2.78 bits per heavy atom. The van der Waals surface area contributed by atoms with Crippen molar-refractivity contribution in [2.75, 3.05) is 0 Å². The van der Waals surface area contributed by atoms with Crippen LogP contribution in [0.15, 0.2) is 11.6 Å². The Labute approximate surface area is 59.7 Å². The number of amides is 1. The molecule has 0 unspecified atom stereocenters. The summed E-state index contributed by atoms with van der Waals surface area (Å²) in [6.45, 7) is 0. The Bertz CT molecular complexity index is 112. The van der Waals surface area contributed by atoms with Crippen LogP contribution in [0, 0.1) is 0 Å². The third-order valence-corrected chi connectivity index (χ3v) is 1.06. The van der Waals surface area contributed by atoms with E-state index in [2.05, 4.69) is 0 Å². The fourth-order valence-electron chi connectivity index (χ4n) is 0.457. The molecule has 0 aromatic carbocycles. The van der Waals surface area contributed by atoms with Crippen LogP contribution in [0.4, 0.5) is 0 Å². The summed E-state index contributed by atoms with van der Waals surface area (Å²) in [4.78, 5) is 10.1. The third kappa shape index (κ3) is 7.50. The topological polar surface area (TPSA) is 43.1 Å². The van der Waals surface area contributed by atoms with E-state index in [0.717, 1.165) is 12.8 Å². The highest BCUT2D eigenvalue weighted by molar-refractivity contribution is 6.25. The van der Waals surface area contributed by atoms with Gasteiger partial charge >= 0.3 is 0 Å². The molecule has 0 aliphatic heterocycles. The highest BCUT2D eigenvalue weighted by atomic mass is 35.5. The Morgan fingerprint density at radius 2 is 2.33 bits per heavy atom. The number of halogens is 1. The normalized spacial score (nSPS) is 10.3. The fourth-order valence-corrected chi connectivity index (χ4v) is 0.583. The van der Waals surface area contributed by atoms with E-state index in [4.69, 9.17) is 17.3 Å². The van der Waals surface area contributed by atoms with E-state index in [1.807, 2.05) is 0 Å². The summed E-state index contributed by atoms with van der Waals surface area (Å²) in [6, 6.07) is 0. The van der Waals surface area contributed by atoms with Crippen molar-refractivity contribution in [3.05, 3.63) is 11.6 Å². The van der Waals surface area contributed by atoms with Crippen LogP contribution in [-0.2, 0) is 4.79 Å². The zero-order valence-corrected chi connectivity index (χ0v) is 5.90. The lowest BCUT2D eigenvalue weighted by Gasteiger charge is -1.88. The summed E-state index contributed by atoms with van der Waals surface area (Å²) in [7, 11) is 0. The first-order valence-corrected chi connectivity index (χ1v) is 3.24. The standard InChI is InChI=1S/C6H10ClNO/c7-5-3-1-2-4-6(8)9/h3,5H,1-2,4H2,(H2,8,9)/b5-3+. The van der Waals surface area contributed by atoms with E-state index < -0.39 is 0 Å². The minimum Gasteiger partial charge on any atom is -0.370 e. The van der Waals surface area contributed by atoms with Crippen LogP contribution < -0.4 is 5.73 Å². The van der Waals surface area contributed by atoms with E-state index in [1.54, 1.807) is 6.08 Å². The van der Waals surface area contributed by atoms with Gasteiger partial charge in [-0.05, 0) is 12.8 Å². The largest absolute Gasteiger partial charge is 0.370 e. The maximum Gasteiger partial charge on any atom is 0.217 e. The van der Waals surface area contributed by atoms with Gasteiger partial charge in [-0.3, -0.25) is 4.79 Å². The Hall–Kier alpha value is -0.500. The molecule has 2 nitrogen and oxygen atoms in total. The quantitative estimate of drug-likeness (QED) is 0.600. The van der Waals surface area contributed by atoms with Crippen molar-refractivity contribution < 1.29 is 4.79 Å². The number of primary amides is 1. The molecule has 0 saturated heterocycles. The highest BCUT2D eigenvalue weighted by Gasteiger charge is 1.89. The van der Waals surface area contributed by atoms with Gasteiger partial charge < -0.3 is 5.73 Å². The molecule has 0 atom stereocenters. The number of carbonyl (C=O) groups is 1. The lowest BCUT2D eigenvalue weighted by atomic mass is 10.2. The lowest BCUT2D eigenvalue weighted by Crippen LogP contribution is -2.09. The van der Waals surface area contributed by atoms with Crippen molar-refractivity contribution in [3.63, 3.8) is 0 Å². The second-order valence-electron chi connectivity index (χ2n) is 1.72. The molecule has 0 bridgehead atoms. The molecule has 0 saturated carbocycles. The van der Waals surface area contributed by atoms with E-state index >= 15 is 0 Å². The van der Waals surface area contributed by atoms with Crippen LogP contribution in [0.2, 0.25) is 0 Å². The van der Waals surface area contributed by atoms with Gasteiger partial charge in [0, 0.05) is 12.0 Å². The summed E-state index contributed by atoms with van der Waals surface area (Å²) in [5, 5.41) is 0. The smallest absolute Gasteiger partial charge is 0.217 e. The molecule has 0 aliphatic rings. The molecule has 0 spiro atoms. The van der Waals surface area contributed by atoms with Gasteiger partial charge in [0.15, 0.2) is 0 Å². The van der Waals surface area contributed by atoms with Crippen LogP contribution in [0.1, 0.15) is 19.3 Å². The first kappa shape index (κ1) is 8.50. The first-order valence-electron chi connectivity index (χ1n) is 2.81. The number of rotatable bonds is 4. The molecule has 1 amide bonds. The maximum absolute atomic E-state index is 10.1. The average Bonchev–Trinajstić information content (AvgIpc) is 1.80. The van der Waals surface area contributed by atoms with Crippen LogP contribution in [-0.4, -0.2) is 5.91 Å². The fraction of sp³-hybridized carbons (Fsp3) is 0.500. The summed E-state index contributed by atoms with van der Waals surface area (Å²) in [5.41, 5.74) is 6.32. The molecule has 52 valence electrons. The summed E-state index contributed by atoms with van der Waals surface area (Å²) in [5.74, 6) is -0.252. The molecule has 0 aromatic rings. The average molecular weight is 148 g/mol. The summed E-state index contributed by atoms with van der Waals surface area (Å²) in [6.07, 6.45) is 3.86. The molecule has 9 heavy (non-hydrogen) atoms. The van der Waals surface area contributed by atoms with Gasteiger partial charge in [-0.25, -0.2) is 0 Å². The van der Waals surface area contributed by atoms with Gasteiger partial charge in [0.25, 0.3) is 0 Å². The predicted molar refractivity (Wildman–Crippen MR) is 38.0 cm³/mol. The number of allylic oxidation sites excluding steroid dienone is 1. The zero-order valence-electron chi connectivity index (χ0n) is 5.14. The van der Waals surface area contributed by atoms with Crippen molar-refractivity contribution >= 4 is 17.5 Å². The lowest BCUT2D eigenvalue weighted by molar-refractivity contribution is -0.118. The first-order chi connectivity index (χ1) is 4.27. The van der Waals surface area contributed by atoms with Crippen LogP contribution in [0.3, 0.4) is 0 Å². The molecule has 0 aliphatic carbocycles. The Morgan fingerprint density at radius 1 is 1.67 bits per heavy atom. The van der Waals surface area contributed by atoms with Crippen molar-refractivity contribution in [1.82, 2.24) is 0 Å². The molecule has 3 heteroatoms. The monoisotopic (exact) mass is 147 g/mol. The molecule has 0 radical (unpaired) electrons. The maximum atomic E-state index is 10.1. The van der Waals surface area contributed by atoms with Crippen molar-refractivity contribution in [2.24, 2.45) is 5.73 Å². The van der Waals surface area contributed by atoms with E-state index in [0.29, 0.717) is 6.42 Å². The number of hydrogen-bond acceptors (Lipinski definition) is 1. The van der Waals surface area contributed by atoms with Crippen molar-refractivity contribution in [2.45, 2.75) is 19.3 Å². The minimum absolute atomic E-state index is 0.252. The van der Waals surface area contributed by atoms with Crippen LogP contribution in [0.25, 0.3) is 0 Å². The Balaban J connectivity index is 3.01. The molecule has 0 heterocycles. The molecular weight excluding hydrogens is 138 g/mol. The number of carbonyl (C=O) groups excluding carboxylic acids is 1. The van der Waals surface area contributed by atoms with Crippen LogP contribution >= 0.6 is 11.6 Å². The van der Waals surface area contributed by atoms with Gasteiger partial charge in [-0.1, -0.05) is 17.7 Å². The Kier molecular flexibility index (Phi) is 5.32. The zero-order chi connectivity index (χ0) is 7.11. The second kappa shape index (κ2) is 5.63. The second-order valence-corrected chi connectivity index (χ2v) is 1.97. The van der Waals surface area contributed by atoms with E-state index in [-0.39, 0.29) is 5.91 Å². The van der Waals surface area contributed by atoms with E-state index in [1.165, 1.54) is 5.54 Å². The summed E-state index contributed by atoms with van der Waals surface area (Å²) >= 11 is 5.22. The molecule has 2 N–H and O–H groups in total. The minimum atomic E-state index is -0.252. The number of nitrogens with two attached hydrogens (primary N) is 1. The van der Waals surface area contributed by atoms with Crippen molar-refractivity contribution in [1.29, 1.82) is 0 Å². The van der Waals surface area contributed by atoms with Gasteiger partial charge in [0.2, 0.25) is 5.91 Å². The predicted octanol–water partition coefficient (Wildman–Crippen LogP) is 1.39. The summed E-state index contributed by atoms with van der Waals surface area (Å²) < 4.78 is 0. The molecule has 0 aromatic heterocycles. The van der Waals surface area contributed by atoms with Crippen LogP contribution in [0.5, 0.6) is 0 Å².